The third-order valence-corrected chi connectivity index (χ3v) is 2.80. The highest BCUT2D eigenvalue weighted by atomic mass is 79.9. The van der Waals surface area contributed by atoms with E-state index in [1.807, 2.05) is 0 Å². The quantitative estimate of drug-likeness (QED) is 0.815. The van der Waals surface area contributed by atoms with Crippen LogP contribution in [0, 0.1) is 0 Å². The molecular weight excluding hydrogens is 309 g/mol. The second-order valence-corrected chi connectivity index (χ2v) is 4.54. The Labute approximate surface area is 111 Å². The Kier molecular flexibility index (Phi) is 3.63. The number of esters is 1. The van der Waals surface area contributed by atoms with Gasteiger partial charge in [-0.25, -0.2) is 9.50 Å². The summed E-state index contributed by atoms with van der Waals surface area (Å²) in [6.07, 6.45) is 1.78. The van der Waals surface area contributed by atoms with E-state index in [-0.39, 0.29) is 12.4 Å². The van der Waals surface area contributed by atoms with E-state index in [1.165, 1.54) is 4.52 Å². The fraction of sp³-hybridized carbons (Fsp3) is 0.300. The first-order chi connectivity index (χ1) is 8.10. The largest absolute Gasteiger partial charge is 0.466 e. The van der Waals surface area contributed by atoms with Crippen molar-refractivity contribution in [3.05, 3.63) is 27.6 Å². The fourth-order valence-electron chi connectivity index (χ4n) is 1.40. The maximum absolute atomic E-state index is 11.3. The van der Waals surface area contributed by atoms with Crippen molar-refractivity contribution in [2.45, 2.75) is 13.3 Å². The number of fused-ring (bicyclic) bond motifs is 1. The maximum Gasteiger partial charge on any atom is 0.311 e. The number of carbonyl (C=O) groups excluding carboxylic acids is 1. The predicted octanol–water partition coefficient (Wildman–Crippen LogP) is 2.25. The van der Waals surface area contributed by atoms with Gasteiger partial charge in [-0.1, -0.05) is 11.6 Å². The standard InChI is InChI=1S/C10H9BrClN3O2/c1-2-17-9(16)3-6-5-15-10(13-6)7(11)4-8(12)14-15/h4-5H,2-3H2,1H3. The number of halogens is 2. The highest BCUT2D eigenvalue weighted by Gasteiger charge is 2.11. The average Bonchev–Trinajstić information content (AvgIpc) is 2.60. The third kappa shape index (κ3) is 2.76. The number of ether oxygens (including phenoxy) is 1. The summed E-state index contributed by atoms with van der Waals surface area (Å²) < 4.78 is 7.11. The molecule has 0 saturated heterocycles. The molecule has 0 aliphatic heterocycles. The molecule has 17 heavy (non-hydrogen) atoms. The molecule has 2 aromatic rings. The zero-order valence-corrected chi connectivity index (χ0v) is 11.3. The van der Waals surface area contributed by atoms with Crippen LogP contribution in [-0.2, 0) is 16.0 Å². The highest BCUT2D eigenvalue weighted by Crippen LogP contribution is 2.20. The first-order valence-corrected chi connectivity index (χ1v) is 6.13. The number of rotatable bonds is 3. The normalized spacial score (nSPS) is 10.8. The van der Waals surface area contributed by atoms with Crippen LogP contribution in [0.2, 0.25) is 5.15 Å². The monoisotopic (exact) mass is 317 g/mol. The van der Waals surface area contributed by atoms with Gasteiger partial charge in [0.2, 0.25) is 0 Å². The molecule has 5 nitrogen and oxygen atoms in total. The molecule has 90 valence electrons. The molecule has 2 aromatic heterocycles. The Morgan fingerprint density at radius 2 is 2.41 bits per heavy atom. The number of aromatic nitrogens is 3. The summed E-state index contributed by atoms with van der Waals surface area (Å²) in [7, 11) is 0. The smallest absolute Gasteiger partial charge is 0.311 e. The van der Waals surface area contributed by atoms with Crippen LogP contribution in [0.15, 0.2) is 16.7 Å². The summed E-state index contributed by atoms with van der Waals surface area (Å²) in [4.78, 5) is 15.6. The summed E-state index contributed by atoms with van der Waals surface area (Å²) in [5.41, 5.74) is 1.22. The lowest BCUT2D eigenvalue weighted by molar-refractivity contribution is -0.142. The lowest BCUT2D eigenvalue weighted by atomic mass is 10.3. The van der Waals surface area contributed by atoms with Gasteiger partial charge in [0, 0.05) is 0 Å². The van der Waals surface area contributed by atoms with E-state index in [9.17, 15) is 4.79 Å². The molecule has 0 unspecified atom stereocenters. The molecule has 2 heterocycles. The summed E-state index contributed by atoms with van der Waals surface area (Å²) in [5, 5.41) is 4.40. The minimum Gasteiger partial charge on any atom is -0.466 e. The Morgan fingerprint density at radius 1 is 1.65 bits per heavy atom. The van der Waals surface area contributed by atoms with Crippen LogP contribution in [0.5, 0.6) is 0 Å². The molecule has 0 atom stereocenters. The van der Waals surface area contributed by atoms with Gasteiger partial charge < -0.3 is 4.74 Å². The van der Waals surface area contributed by atoms with Gasteiger partial charge in [0.1, 0.15) is 0 Å². The fourth-order valence-corrected chi connectivity index (χ4v) is 2.21. The molecule has 0 fully saturated rings. The van der Waals surface area contributed by atoms with Crippen LogP contribution >= 0.6 is 27.5 Å². The van der Waals surface area contributed by atoms with E-state index in [0.717, 1.165) is 4.47 Å². The second-order valence-electron chi connectivity index (χ2n) is 3.30. The third-order valence-electron chi connectivity index (χ3n) is 2.03. The van der Waals surface area contributed by atoms with Crippen molar-refractivity contribution in [2.75, 3.05) is 6.61 Å². The van der Waals surface area contributed by atoms with Crippen molar-refractivity contribution >= 4 is 39.1 Å². The Hall–Kier alpha value is -1.14. The molecule has 0 saturated carbocycles. The number of hydrogen-bond acceptors (Lipinski definition) is 4. The van der Waals surface area contributed by atoms with Crippen molar-refractivity contribution in [1.29, 1.82) is 0 Å². The van der Waals surface area contributed by atoms with Crippen LogP contribution in [0.1, 0.15) is 12.6 Å². The van der Waals surface area contributed by atoms with Crippen LogP contribution in [0.25, 0.3) is 5.65 Å². The number of nitrogens with zero attached hydrogens (tertiary/aromatic N) is 3. The van der Waals surface area contributed by atoms with Crippen LogP contribution in [-0.4, -0.2) is 27.2 Å². The first kappa shape index (κ1) is 12.3. The Bertz CT molecular complexity index is 570. The van der Waals surface area contributed by atoms with Gasteiger partial charge in [-0.15, -0.1) is 0 Å². The van der Waals surface area contributed by atoms with Crippen molar-refractivity contribution in [1.82, 2.24) is 14.6 Å². The summed E-state index contributed by atoms with van der Waals surface area (Å²) in [6.45, 7) is 2.12. The van der Waals surface area contributed by atoms with Gasteiger partial charge in [0.25, 0.3) is 0 Å². The van der Waals surface area contributed by atoms with Gasteiger partial charge in [0.05, 0.1) is 29.4 Å². The van der Waals surface area contributed by atoms with Gasteiger partial charge in [0.15, 0.2) is 10.8 Å². The molecule has 0 radical (unpaired) electrons. The molecule has 0 aromatic carbocycles. The van der Waals surface area contributed by atoms with E-state index < -0.39 is 0 Å². The minimum absolute atomic E-state index is 0.126. The molecule has 0 bridgehead atoms. The van der Waals surface area contributed by atoms with Crippen molar-refractivity contribution in [3.63, 3.8) is 0 Å². The Morgan fingerprint density at radius 3 is 3.12 bits per heavy atom. The summed E-state index contributed by atoms with van der Waals surface area (Å²) in [6, 6.07) is 1.65. The zero-order valence-electron chi connectivity index (χ0n) is 8.98. The van der Waals surface area contributed by atoms with Crippen molar-refractivity contribution in [3.8, 4) is 0 Å². The second kappa shape index (κ2) is 5.01. The SMILES string of the molecule is CCOC(=O)Cc1cn2nc(Cl)cc(Br)c2n1. The highest BCUT2D eigenvalue weighted by molar-refractivity contribution is 9.10. The van der Waals surface area contributed by atoms with E-state index in [1.54, 1.807) is 19.2 Å². The van der Waals surface area contributed by atoms with Gasteiger partial charge in [-0.2, -0.15) is 5.10 Å². The lowest BCUT2D eigenvalue weighted by Gasteiger charge is -1.97. The molecule has 0 amide bonds. The predicted molar refractivity (Wildman–Crippen MR) is 66.0 cm³/mol. The molecule has 0 spiro atoms. The molecule has 0 N–H and O–H groups in total. The van der Waals surface area contributed by atoms with Crippen LogP contribution in [0.4, 0.5) is 0 Å². The minimum atomic E-state index is -0.307. The summed E-state index contributed by atoms with van der Waals surface area (Å²) >= 11 is 9.14. The summed E-state index contributed by atoms with van der Waals surface area (Å²) in [5.74, 6) is -0.307. The molecule has 7 heteroatoms. The number of hydrogen-bond donors (Lipinski definition) is 0. The van der Waals surface area contributed by atoms with E-state index in [0.29, 0.717) is 23.1 Å². The van der Waals surface area contributed by atoms with Crippen LogP contribution in [0.3, 0.4) is 0 Å². The zero-order chi connectivity index (χ0) is 12.4. The Balaban J connectivity index is 2.32. The lowest BCUT2D eigenvalue weighted by Crippen LogP contribution is -2.07. The number of carbonyl (C=O) groups is 1. The molecule has 0 aliphatic carbocycles. The van der Waals surface area contributed by atoms with E-state index in [2.05, 4.69) is 26.0 Å². The van der Waals surface area contributed by atoms with E-state index in [4.69, 9.17) is 16.3 Å². The van der Waals surface area contributed by atoms with Crippen molar-refractivity contribution in [2.24, 2.45) is 0 Å². The molecular formula is C10H9BrClN3O2. The van der Waals surface area contributed by atoms with Gasteiger partial charge in [-0.05, 0) is 28.9 Å². The van der Waals surface area contributed by atoms with Crippen molar-refractivity contribution < 1.29 is 9.53 Å². The van der Waals surface area contributed by atoms with Gasteiger partial charge in [-0.3, -0.25) is 4.79 Å². The molecule has 2 rings (SSSR count). The average molecular weight is 319 g/mol. The van der Waals surface area contributed by atoms with Gasteiger partial charge >= 0.3 is 5.97 Å². The number of imidazole rings is 1. The topological polar surface area (TPSA) is 56.5 Å². The molecule has 0 aliphatic rings. The first-order valence-electron chi connectivity index (χ1n) is 4.96. The van der Waals surface area contributed by atoms with E-state index >= 15 is 0 Å². The maximum atomic E-state index is 11.3. The van der Waals surface area contributed by atoms with Crippen LogP contribution < -0.4 is 0 Å².